The molecule has 0 aliphatic heterocycles. The van der Waals surface area contributed by atoms with Crippen LogP contribution in [0.3, 0.4) is 0 Å². The van der Waals surface area contributed by atoms with E-state index in [4.69, 9.17) is 0 Å². The molecule has 1 saturated carbocycles. The van der Waals surface area contributed by atoms with Gasteiger partial charge in [0.15, 0.2) is 0 Å². The highest BCUT2D eigenvalue weighted by molar-refractivity contribution is 5.21. The molecule has 0 spiro atoms. The summed E-state index contributed by atoms with van der Waals surface area (Å²) < 4.78 is 0. The molecule has 78 valence electrons. The Balaban J connectivity index is 1.81. The number of aliphatic hydroxyl groups is 1. The number of allylic oxidation sites excluding steroid dienone is 2. The average molecular weight is 200 g/mol. The van der Waals surface area contributed by atoms with Gasteiger partial charge in [0.2, 0.25) is 0 Å². The molecule has 1 nitrogen and oxygen atoms in total. The van der Waals surface area contributed by atoms with Gasteiger partial charge in [0.05, 0.1) is 6.10 Å². The maximum atomic E-state index is 10.3. The fourth-order valence-corrected chi connectivity index (χ4v) is 3.08. The van der Waals surface area contributed by atoms with Crippen molar-refractivity contribution in [3.63, 3.8) is 0 Å². The molecule has 0 unspecified atom stereocenters. The summed E-state index contributed by atoms with van der Waals surface area (Å²) in [4.78, 5) is 0. The third-order valence-corrected chi connectivity index (χ3v) is 3.88. The van der Waals surface area contributed by atoms with E-state index in [1.165, 1.54) is 6.42 Å². The van der Waals surface area contributed by atoms with E-state index in [0.29, 0.717) is 11.8 Å². The van der Waals surface area contributed by atoms with E-state index in [0.717, 1.165) is 17.9 Å². The normalized spacial score (nSPS) is 34.6. The summed E-state index contributed by atoms with van der Waals surface area (Å²) in [5, 5.41) is 10.3. The van der Waals surface area contributed by atoms with Crippen molar-refractivity contribution in [3.8, 4) is 0 Å². The third kappa shape index (κ3) is 1.51. The van der Waals surface area contributed by atoms with Crippen molar-refractivity contribution < 1.29 is 5.11 Å². The van der Waals surface area contributed by atoms with Crippen molar-refractivity contribution in [3.05, 3.63) is 48.0 Å². The SMILES string of the molecule is O[C@H](c1ccccc1)[C@@H]1C[C@H]2C=C[C@H]1C2. The zero-order chi connectivity index (χ0) is 10.3. The third-order valence-electron chi connectivity index (χ3n) is 3.88. The first-order chi connectivity index (χ1) is 7.34. The first-order valence-electron chi connectivity index (χ1n) is 5.76. The van der Waals surface area contributed by atoms with Gasteiger partial charge in [-0.25, -0.2) is 0 Å². The zero-order valence-corrected chi connectivity index (χ0v) is 8.71. The van der Waals surface area contributed by atoms with Crippen LogP contribution < -0.4 is 0 Å². The van der Waals surface area contributed by atoms with E-state index in [2.05, 4.69) is 12.2 Å². The quantitative estimate of drug-likeness (QED) is 0.728. The van der Waals surface area contributed by atoms with Gasteiger partial charge in [-0.1, -0.05) is 42.5 Å². The van der Waals surface area contributed by atoms with E-state index in [1.807, 2.05) is 30.3 Å². The van der Waals surface area contributed by atoms with Crippen molar-refractivity contribution in [2.24, 2.45) is 17.8 Å². The van der Waals surface area contributed by atoms with Gasteiger partial charge >= 0.3 is 0 Å². The molecule has 4 atom stereocenters. The fraction of sp³-hybridized carbons (Fsp3) is 0.429. The van der Waals surface area contributed by atoms with Gasteiger partial charge in [0, 0.05) is 0 Å². The highest BCUT2D eigenvalue weighted by atomic mass is 16.3. The summed E-state index contributed by atoms with van der Waals surface area (Å²) in [5.74, 6) is 1.80. The molecule has 2 bridgehead atoms. The molecule has 0 aromatic heterocycles. The van der Waals surface area contributed by atoms with Crippen molar-refractivity contribution in [1.82, 2.24) is 0 Å². The van der Waals surface area contributed by atoms with Crippen LogP contribution in [0.15, 0.2) is 42.5 Å². The lowest BCUT2D eigenvalue weighted by Gasteiger charge is -2.24. The van der Waals surface area contributed by atoms with Crippen LogP contribution in [0.2, 0.25) is 0 Å². The maximum Gasteiger partial charge on any atom is 0.0824 e. The predicted molar refractivity (Wildman–Crippen MR) is 60.2 cm³/mol. The molecule has 1 N–H and O–H groups in total. The molecule has 15 heavy (non-hydrogen) atoms. The standard InChI is InChI=1S/C14H16O/c15-14(11-4-2-1-3-5-11)13-9-10-6-7-12(13)8-10/h1-7,10,12-15H,8-9H2/t10-,12-,13+,14+/m0/s1. The minimum absolute atomic E-state index is 0.272. The zero-order valence-electron chi connectivity index (χ0n) is 8.71. The van der Waals surface area contributed by atoms with E-state index in [9.17, 15) is 5.11 Å². The minimum Gasteiger partial charge on any atom is -0.388 e. The van der Waals surface area contributed by atoms with Gasteiger partial charge in [-0.3, -0.25) is 0 Å². The van der Waals surface area contributed by atoms with Gasteiger partial charge in [-0.05, 0) is 36.2 Å². The van der Waals surface area contributed by atoms with Crippen LogP contribution in [0.25, 0.3) is 0 Å². The van der Waals surface area contributed by atoms with E-state index in [1.54, 1.807) is 0 Å². The molecule has 0 radical (unpaired) electrons. The minimum atomic E-state index is -0.272. The van der Waals surface area contributed by atoms with E-state index >= 15 is 0 Å². The molecular formula is C14H16O. The van der Waals surface area contributed by atoms with Crippen molar-refractivity contribution in [2.75, 3.05) is 0 Å². The average Bonchev–Trinajstić information content (AvgIpc) is 2.91. The van der Waals surface area contributed by atoms with Gasteiger partial charge in [0.1, 0.15) is 0 Å². The van der Waals surface area contributed by atoms with Crippen LogP contribution in [0, 0.1) is 17.8 Å². The molecule has 1 aromatic carbocycles. The summed E-state index contributed by atoms with van der Waals surface area (Å²) in [7, 11) is 0. The Labute approximate surface area is 90.4 Å². The summed E-state index contributed by atoms with van der Waals surface area (Å²) >= 11 is 0. The lowest BCUT2D eigenvalue weighted by atomic mass is 9.85. The predicted octanol–water partition coefficient (Wildman–Crippen LogP) is 2.93. The first-order valence-corrected chi connectivity index (χ1v) is 5.76. The van der Waals surface area contributed by atoms with Crippen molar-refractivity contribution >= 4 is 0 Å². The molecule has 0 heterocycles. The van der Waals surface area contributed by atoms with Crippen LogP contribution in [0.5, 0.6) is 0 Å². The Bertz CT molecular complexity index is 368. The number of benzene rings is 1. The smallest absolute Gasteiger partial charge is 0.0824 e. The molecule has 0 amide bonds. The molecule has 3 rings (SSSR count). The molecule has 2 aliphatic rings. The highest BCUT2D eigenvalue weighted by Gasteiger charge is 2.39. The second kappa shape index (κ2) is 3.49. The summed E-state index contributed by atoms with van der Waals surface area (Å²) in [6.07, 6.45) is 6.77. The summed E-state index contributed by atoms with van der Waals surface area (Å²) in [6, 6.07) is 10.1. The van der Waals surface area contributed by atoms with Crippen LogP contribution in [0.1, 0.15) is 24.5 Å². The number of aliphatic hydroxyl groups excluding tert-OH is 1. The van der Waals surface area contributed by atoms with E-state index < -0.39 is 0 Å². The monoisotopic (exact) mass is 200 g/mol. The number of fused-ring (bicyclic) bond motifs is 2. The Morgan fingerprint density at radius 2 is 1.87 bits per heavy atom. The second-order valence-corrected chi connectivity index (χ2v) is 4.80. The number of rotatable bonds is 2. The van der Waals surface area contributed by atoms with E-state index in [-0.39, 0.29) is 6.10 Å². The van der Waals surface area contributed by atoms with Gasteiger partial charge < -0.3 is 5.11 Å². The van der Waals surface area contributed by atoms with Gasteiger partial charge in [0.25, 0.3) is 0 Å². The Morgan fingerprint density at radius 1 is 1.07 bits per heavy atom. The fourth-order valence-electron chi connectivity index (χ4n) is 3.08. The number of hydrogen-bond acceptors (Lipinski definition) is 1. The van der Waals surface area contributed by atoms with Crippen molar-refractivity contribution in [1.29, 1.82) is 0 Å². The van der Waals surface area contributed by atoms with Crippen LogP contribution in [-0.2, 0) is 0 Å². The van der Waals surface area contributed by atoms with Crippen molar-refractivity contribution in [2.45, 2.75) is 18.9 Å². The largest absolute Gasteiger partial charge is 0.388 e. The summed E-state index contributed by atoms with van der Waals surface area (Å²) in [6.45, 7) is 0. The first kappa shape index (κ1) is 9.17. The molecule has 1 heteroatoms. The Kier molecular flexibility index (Phi) is 2.14. The molecule has 1 aromatic rings. The maximum absolute atomic E-state index is 10.3. The van der Waals surface area contributed by atoms with Crippen LogP contribution in [0.4, 0.5) is 0 Å². The Hall–Kier alpha value is -1.08. The Morgan fingerprint density at radius 3 is 2.47 bits per heavy atom. The van der Waals surface area contributed by atoms with Crippen LogP contribution >= 0.6 is 0 Å². The molecule has 2 aliphatic carbocycles. The topological polar surface area (TPSA) is 20.2 Å². The highest BCUT2D eigenvalue weighted by Crippen LogP contribution is 2.48. The number of hydrogen-bond donors (Lipinski definition) is 1. The summed E-state index contributed by atoms with van der Waals surface area (Å²) in [5.41, 5.74) is 1.07. The van der Waals surface area contributed by atoms with Crippen LogP contribution in [-0.4, -0.2) is 5.11 Å². The molecule has 0 saturated heterocycles. The lowest BCUT2D eigenvalue weighted by Crippen LogP contribution is -2.16. The molecule has 1 fully saturated rings. The van der Waals surface area contributed by atoms with Gasteiger partial charge in [-0.2, -0.15) is 0 Å². The second-order valence-electron chi connectivity index (χ2n) is 4.80. The molecular weight excluding hydrogens is 184 g/mol. The van der Waals surface area contributed by atoms with Gasteiger partial charge in [-0.15, -0.1) is 0 Å². The lowest BCUT2D eigenvalue weighted by molar-refractivity contribution is 0.0936.